The molecule has 0 amide bonds. The molecule has 3 aromatic rings. The molecule has 0 fully saturated rings. The second-order valence-electron chi connectivity index (χ2n) is 5.94. The summed E-state index contributed by atoms with van der Waals surface area (Å²) in [6, 6.07) is 14.7. The number of halogens is 1. The van der Waals surface area contributed by atoms with Crippen molar-refractivity contribution < 1.29 is 9.13 Å². The summed E-state index contributed by atoms with van der Waals surface area (Å²) in [6.45, 7) is 3.24. The van der Waals surface area contributed by atoms with E-state index in [-0.39, 0.29) is 5.82 Å². The SMILES string of the molecule is CCc1ccc(/C=N\n2c(-c3ccc(F)cc3)csc2=NCCOC)cc1. The van der Waals surface area contributed by atoms with E-state index in [9.17, 15) is 4.39 Å². The molecular formula is C21H22FN3OS. The van der Waals surface area contributed by atoms with Crippen molar-refractivity contribution in [3.8, 4) is 11.3 Å². The summed E-state index contributed by atoms with van der Waals surface area (Å²) in [7, 11) is 1.65. The minimum absolute atomic E-state index is 0.259. The molecular weight excluding hydrogens is 361 g/mol. The molecule has 6 heteroatoms. The first-order valence-corrected chi connectivity index (χ1v) is 9.68. The number of ether oxygens (including phenoxy) is 1. The Labute approximate surface area is 162 Å². The molecule has 0 aliphatic rings. The van der Waals surface area contributed by atoms with Crippen LogP contribution in [-0.4, -0.2) is 31.2 Å². The zero-order valence-electron chi connectivity index (χ0n) is 15.4. The van der Waals surface area contributed by atoms with Crippen LogP contribution in [0.1, 0.15) is 18.1 Å². The largest absolute Gasteiger partial charge is 0.383 e. The topological polar surface area (TPSA) is 38.9 Å². The lowest BCUT2D eigenvalue weighted by Gasteiger charge is -2.04. The van der Waals surface area contributed by atoms with Crippen molar-refractivity contribution in [3.63, 3.8) is 0 Å². The van der Waals surface area contributed by atoms with Gasteiger partial charge in [0.15, 0.2) is 0 Å². The Morgan fingerprint density at radius 1 is 1.11 bits per heavy atom. The van der Waals surface area contributed by atoms with E-state index in [4.69, 9.17) is 4.74 Å². The van der Waals surface area contributed by atoms with Crippen molar-refractivity contribution in [2.75, 3.05) is 20.3 Å². The van der Waals surface area contributed by atoms with Crippen molar-refractivity contribution in [2.24, 2.45) is 10.1 Å². The first-order valence-electron chi connectivity index (χ1n) is 8.80. The molecule has 0 unspecified atom stereocenters. The van der Waals surface area contributed by atoms with Crippen LogP contribution < -0.4 is 4.80 Å². The van der Waals surface area contributed by atoms with Crippen LogP contribution in [0, 0.1) is 5.82 Å². The third kappa shape index (κ3) is 4.99. The van der Waals surface area contributed by atoms with Crippen LogP contribution in [0.25, 0.3) is 11.3 Å². The fraction of sp³-hybridized carbons (Fsp3) is 0.238. The third-order valence-electron chi connectivity index (χ3n) is 4.08. The highest BCUT2D eigenvalue weighted by Crippen LogP contribution is 2.20. The predicted octanol–water partition coefficient (Wildman–Crippen LogP) is 4.35. The summed E-state index contributed by atoms with van der Waals surface area (Å²) < 4.78 is 20.2. The fourth-order valence-electron chi connectivity index (χ4n) is 2.53. The lowest BCUT2D eigenvalue weighted by molar-refractivity contribution is 0.207. The van der Waals surface area contributed by atoms with Gasteiger partial charge in [-0.1, -0.05) is 31.2 Å². The quantitative estimate of drug-likeness (QED) is 0.442. The molecule has 3 rings (SSSR count). The van der Waals surface area contributed by atoms with Gasteiger partial charge in [0.25, 0.3) is 0 Å². The molecule has 1 aromatic heterocycles. The predicted molar refractivity (Wildman–Crippen MR) is 109 cm³/mol. The van der Waals surface area contributed by atoms with Gasteiger partial charge >= 0.3 is 0 Å². The molecule has 2 aromatic carbocycles. The molecule has 4 nitrogen and oxygen atoms in total. The Kier molecular flexibility index (Phi) is 6.68. The maximum Gasteiger partial charge on any atom is 0.206 e. The smallest absolute Gasteiger partial charge is 0.206 e. The number of aromatic nitrogens is 1. The Bertz CT molecular complexity index is 956. The van der Waals surface area contributed by atoms with Gasteiger partial charge in [0.1, 0.15) is 5.82 Å². The van der Waals surface area contributed by atoms with Gasteiger partial charge in [-0.2, -0.15) is 5.10 Å². The van der Waals surface area contributed by atoms with Crippen LogP contribution in [0.3, 0.4) is 0 Å². The maximum atomic E-state index is 13.3. The average molecular weight is 383 g/mol. The molecule has 0 radical (unpaired) electrons. The number of rotatable bonds is 7. The van der Waals surface area contributed by atoms with E-state index < -0.39 is 0 Å². The molecule has 0 atom stereocenters. The number of benzene rings is 2. The molecule has 0 saturated heterocycles. The van der Waals surface area contributed by atoms with Crippen molar-refractivity contribution in [2.45, 2.75) is 13.3 Å². The van der Waals surface area contributed by atoms with Gasteiger partial charge in [-0.25, -0.2) is 9.07 Å². The van der Waals surface area contributed by atoms with E-state index in [0.29, 0.717) is 13.2 Å². The number of aryl methyl sites for hydroxylation is 1. The number of thiazole rings is 1. The fourth-order valence-corrected chi connectivity index (χ4v) is 3.40. The van der Waals surface area contributed by atoms with Gasteiger partial charge in [0.2, 0.25) is 4.80 Å². The van der Waals surface area contributed by atoms with Gasteiger partial charge in [-0.15, -0.1) is 11.3 Å². The molecule has 27 heavy (non-hydrogen) atoms. The number of nitrogens with zero attached hydrogens (tertiary/aromatic N) is 3. The molecule has 0 spiro atoms. The number of methoxy groups -OCH3 is 1. The minimum atomic E-state index is -0.259. The van der Waals surface area contributed by atoms with Gasteiger partial charge in [0, 0.05) is 18.1 Å². The monoisotopic (exact) mass is 383 g/mol. The van der Waals surface area contributed by atoms with E-state index in [1.165, 1.54) is 29.0 Å². The molecule has 0 aliphatic heterocycles. The van der Waals surface area contributed by atoms with Crippen LogP contribution in [0.4, 0.5) is 4.39 Å². The summed E-state index contributed by atoms with van der Waals surface area (Å²) in [5.41, 5.74) is 4.06. The first-order chi connectivity index (χ1) is 13.2. The van der Waals surface area contributed by atoms with Gasteiger partial charge in [0.05, 0.1) is 25.1 Å². The van der Waals surface area contributed by atoms with E-state index in [0.717, 1.165) is 28.0 Å². The van der Waals surface area contributed by atoms with Crippen molar-refractivity contribution in [3.05, 3.63) is 75.7 Å². The second kappa shape index (κ2) is 9.39. The zero-order chi connectivity index (χ0) is 19.1. The first kappa shape index (κ1) is 19.2. The lowest BCUT2D eigenvalue weighted by Crippen LogP contribution is -2.13. The van der Waals surface area contributed by atoms with E-state index >= 15 is 0 Å². The van der Waals surface area contributed by atoms with Gasteiger partial charge < -0.3 is 4.74 Å². The Hall–Kier alpha value is -2.57. The van der Waals surface area contributed by atoms with Crippen LogP contribution in [0.2, 0.25) is 0 Å². The summed E-state index contributed by atoms with van der Waals surface area (Å²) >= 11 is 1.50. The third-order valence-corrected chi connectivity index (χ3v) is 4.93. The normalized spacial score (nSPS) is 12.2. The Morgan fingerprint density at radius 3 is 2.52 bits per heavy atom. The highest BCUT2D eigenvalue weighted by Gasteiger charge is 2.07. The minimum Gasteiger partial charge on any atom is -0.383 e. The van der Waals surface area contributed by atoms with Crippen molar-refractivity contribution in [1.82, 2.24) is 4.68 Å². The number of hydrogen-bond acceptors (Lipinski definition) is 4. The summed E-state index contributed by atoms with van der Waals surface area (Å²) in [6.07, 6.45) is 2.82. The lowest BCUT2D eigenvalue weighted by atomic mass is 10.1. The molecule has 0 bridgehead atoms. The van der Waals surface area contributed by atoms with Gasteiger partial charge in [-0.3, -0.25) is 4.99 Å². The Balaban J connectivity index is 1.98. The Morgan fingerprint density at radius 2 is 1.85 bits per heavy atom. The molecule has 0 aliphatic carbocycles. The summed E-state index contributed by atoms with van der Waals surface area (Å²) in [5, 5.41) is 6.63. The standard InChI is InChI=1S/C21H22FN3OS/c1-3-16-4-6-17(7-5-16)14-24-25-20(18-8-10-19(22)11-9-18)15-27-21(25)23-12-13-26-2/h4-11,14-15H,3,12-13H2,1-2H3/b23-21?,24-14-. The van der Waals surface area contributed by atoms with Crippen LogP contribution in [0.15, 0.2) is 64.0 Å². The molecule has 0 N–H and O–H groups in total. The molecule has 1 heterocycles. The summed E-state index contributed by atoms with van der Waals surface area (Å²) in [5.74, 6) is -0.259. The number of hydrogen-bond donors (Lipinski definition) is 0. The highest BCUT2D eigenvalue weighted by molar-refractivity contribution is 7.07. The average Bonchev–Trinajstić information content (AvgIpc) is 3.10. The summed E-state index contributed by atoms with van der Waals surface area (Å²) in [4.78, 5) is 5.34. The van der Waals surface area contributed by atoms with Crippen LogP contribution >= 0.6 is 11.3 Å². The zero-order valence-corrected chi connectivity index (χ0v) is 16.2. The highest BCUT2D eigenvalue weighted by atomic mass is 32.1. The van der Waals surface area contributed by atoms with Crippen molar-refractivity contribution >= 4 is 17.6 Å². The maximum absolute atomic E-state index is 13.3. The van der Waals surface area contributed by atoms with E-state index in [1.54, 1.807) is 23.9 Å². The van der Waals surface area contributed by atoms with E-state index in [2.05, 4.69) is 41.3 Å². The molecule has 0 saturated carbocycles. The molecule has 140 valence electrons. The van der Waals surface area contributed by atoms with E-state index in [1.807, 2.05) is 11.6 Å². The van der Waals surface area contributed by atoms with Gasteiger partial charge in [-0.05, 0) is 41.8 Å². The second-order valence-corrected chi connectivity index (χ2v) is 6.77. The van der Waals surface area contributed by atoms with Crippen molar-refractivity contribution in [1.29, 1.82) is 0 Å². The van der Waals surface area contributed by atoms with Crippen LogP contribution in [0.5, 0.6) is 0 Å². The van der Waals surface area contributed by atoms with Crippen LogP contribution in [-0.2, 0) is 11.2 Å².